The van der Waals surface area contributed by atoms with E-state index < -0.39 is 0 Å². The maximum Gasteiger partial charge on any atom is 0.266 e. The Balaban J connectivity index is 1.54. The summed E-state index contributed by atoms with van der Waals surface area (Å²) in [4.78, 5) is 16.6. The molecule has 33 heavy (non-hydrogen) atoms. The molecule has 2 aromatic carbocycles. The van der Waals surface area contributed by atoms with Crippen LogP contribution in [0, 0.1) is 5.82 Å². The van der Waals surface area contributed by atoms with Gasteiger partial charge in [-0.2, -0.15) is 10.1 Å². The zero-order chi connectivity index (χ0) is 23.4. The van der Waals surface area contributed by atoms with Crippen molar-refractivity contribution in [3.8, 4) is 39.9 Å². The van der Waals surface area contributed by atoms with Crippen molar-refractivity contribution in [1.82, 2.24) is 19.9 Å². The maximum atomic E-state index is 13.2. The van der Waals surface area contributed by atoms with E-state index in [1.54, 1.807) is 30.3 Å². The van der Waals surface area contributed by atoms with Crippen molar-refractivity contribution in [3.63, 3.8) is 0 Å². The van der Waals surface area contributed by atoms with E-state index in [-0.39, 0.29) is 24.3 Å². The van der Waals surface area contributed by atoms with Gasteiger partial charge < -0.3 is 18.7 Å². The minimum absolute atomic E-state index is 0.227. The molecule has 0 bridgehead atoms. The molecule has 0 aliphatic rings. The lowest BCUT2D eigenvalue weighted by molar-refractivity contribution is 0.324. The Labute approximate surface area is 188 Å². The van der Waals surface area contributed by atoms with E-state index in [0.717, 1.165) is 0 Å². The second kappa shape index (κ2) is 9.51. The van der Waals surface area contributed by atoms with Crippen LogP contribution in [0.2, 0.25) is 0 Å². The fourth-order valence-electron chi connectivity index (χ4n) is 3.27. The smallest absolute Gasteiger partial charge is 0.266 e. The van der Waals surface area contributed by atoms with Crippen molar-refractivity contribution in [2.45, 2.75) is 13.0 Å². The van der Waals surface area contributed by atoms with Crippen LogP contribution in [-0.2, 0) is 13.0 Å². The van der Waals surface area contributed by atoms with E-state index >= 15 is 0 Å². The van der Waals surface area contributed by atoms with Crippen LogP contribution in [0.3, 0.4) is 0 Å². The first-order valence-electron chi connectivity index (χ1n) is 9.99. The number of hydrogen-bond donors (Lipinski definition) is 0. The first-order chi connectivity index (χ1) is 16.0. The number of aromatic nitrogens is 4. The molecule has 170 valence electrons. The van der Waals surface area contributed by atoms with E-state index in [0.29, 0.717) is 45.8 Å². The summed E-state index contributed by atoms with van der Waals surface area (Å²) in [7, 11) is 4.56. The fourth-order valence-corrected chi connectivity index (χ4v) is 3.27. The van der Waals surface area contributed by atoms with Crippen LogP contribution in [0.25, 0.3) is 22.6 Å². The molecular formula is C23H21FN4O5. The summed E-state index contributed by atoms with van der Waals surface area (Å²) in [6, 6.07) is 12.3. The molecule has 0 radical (unpaired) electrons. The minimum Gasteiger partial charge on any atom is -0.493 e. The Morgan fingerprint density at radius 2 is 1.64 bits per heavy atom. The number of methoxy groups -OCH3 is 3. The van der Waals surface area contributed by atoms with E-state index in [2.05, 4.69) is 15.2 Å². The van der Waals surface area contributed by atoms with Gasteiger partial charge in [0.05, 0.1) is 33.6 Å². The standard InChI is InChI=1S/C23H21FN4O5/c1-30-18-12-15(13-19(31-2)22(18)32-3)23-25-20(33-27-23)10-11-28-21(29)9-8-17(26-28)14-4-6-16(24)7-5-14/h4-9,12-13H,10-11H2,1-3H3. The number of rotatable bonds is 8. The predicted octanol–water partition coefficient (Wildman–Crippen LogP) is 3.37. The summed E-state index contributed by atoms with van der Waals surface area (Å²) in [6.45, 7) is 0.227. The Morgan fingerprint density at radius 3 is 2.27 bits per heavy atom. The zero-order valence-corrected chi connectivity index (χ0v) is 18.2. The molecule has 2 heterocycles. The molecule has 0 spiro atoms. The Hall–Kier alpha value is -4.21. The first kappa shape index (κ1) is 22.0. The monoisotopic (exact) mass is 452 g/mol. The number of hydrogen-bond acceptors (Lipinski definition) is 8. The third-order valence-electron chi connectivity index (χ3n) is 4.94. The SMILES string of the molecule is COc1cc(-c2noc(CCn3nc(-c4ccc(F)cc4)ccc3=O)n2)cc(OC)c1OC. The Bertz CT molecular complexity index is 1290. The Morgan fingerprint density at radius 1 is 0.939 bits per heavy atom. The second-order valence-corrected chi connectivity index (χ2v) is 6.96. The molecule has 2 aromatic heterocycles. The van der Waals surface area contributed by atoms with Crippen molar-refractivity contribution in [2.75, 3.05) is 21.3 Å². The van der Waals surface area contributed by atoms with Crippen LogP contribution in [0.4, 0.5) is 4.39 Å². The predicted molar refractivity (Wildman–Crippen MR) is 117 cm³/mol. The number of halogens is 1. The molecular weight excluding hydrogens is 431 g/mol. The molecule has 0 aliphatic heterocycles. The van der Waals surface area contributed by atoms with Gasteiger partial charge in [-0.1, -0.05) is 5.16 Å². The van der Waals surface area contributed by atoms with E-state index in [1.165, 1.54) is 44.2 Å². The topological polar surface area (TPSA) is 102 Å². The normalized spacial score (nSPS) is 10.8. The van der Waals surface area contributed by atoms with E-state index in [4.69, 9.17) is 18.7 Å². The van der Waals surface area contributed by atoms with Crippen molar-refractivity contribution in [3.05, 3.63) is 70.6 Å². The molecule has 0 atom stereocenters. The van der Waals surface area contributed by atoms with Crippen LogP contribution >= 0.6 is 0 Å². The average Bonchev–Trinajstić information content (AvgIpc) is 3.32. The fraction of sp³-hybridized carbons (Fsp3) is 0.217. The van der Waals surface area contributed by atoms with Crippen molar-refractivity contribution >= 4 is 0 Å². The van der Waals surface area contributed by atoms with Gasteiger partial charge in [0.25, 0.3) is 5.56 Å². The lowest BCUT2D eigenvalue weighted by atomic mass is 10.1. The number of nitrogens with zero attached hydrogens (tertiary/aromatic N) is 4. The van der Waals surface area contributed by atoms with Crippen molar-refractivity contribution in [1.29, 1.82) is 0 Å². The van der Waals surface area contributed by atoms with E-state index in [1.807, 2.05) is 0 Å². The van der Waals surface area contributed by atoms with E-state index in [9.17, 15) is 9.18 Å². The lowest BCUT2D eigenvalue weighted by Crippen LogP contribution is -2.23. The van der Waals surface area contributed by atoms with Crippen LogP contribution < -0.4 is 19.8 Å². The molecule has 0 aliphatic carbocycles. The van der Waals surface area contributed by atoms with Gasteiger partial charge in [0.15, 0.2) is 11.5 Å². The lowest BCUT2D eigenvalue weighted by Gasteiger charge is -2.12. The highest BCUT2D eigenvalue weighted by Crippen LogP contribution is 2.40. The van der Waals surface area contributed by atoms with Gasteiger partial charge in [-0.25, -0.2) is 9.07 Å². The van der Waals surface area contributed by atoms with Crippen LogP contribution in [0.5, 0.6) is 17.2 Å². The summed E-state index contributed by atoms with van der Waals surface area (Å²) >= 11 is 0. The second-order valence-electron chi connectivity index (χ2n) is 6.96. The summed E-state index contributed by atoms with van der Waals surface area (Å²) in [5, 5.41) is 8.38. The van der Waals surface area contributed by atoms with Crippen molar-refractivity contribution in [2.24, 2.45) is 0 Å². The largest absolute Gasteiger partial charge is 0.493 e. The van der Waals surface area contributed by atoms with Gasteiger partial charge >= 0.3 is 0 Å². The molecule has 0 saturated carbocycles. The highest BCUT2D eigenvalue weighted by molar-refractivity contribution is 5.66. The molecule has 0 saturated heterocycles. The van der Waals surface area contributed by atoms with Gasteiger partial charge in [-0.05, 0) is 42.5 Å². The first-order valence-corrected chi connectivity index (χ1v) is 9.99. The molecule has 4 aromatic rings. The number of benzene rings is 2. The van der Waals surface area contributed by atoms with Crippen LogP contribution in [0.15, 0.2) is 57.8 Å². The third kappa shape index (κ3) is 4.69. The quantitative estimate of drug-likeness (QED) is 0.401. The molecule has 10 heteroatoms. The molecule has 0 fully saturated rings. The molecule has 0 N–H and O–H groups in total. The molecule has 4 rings (SSSR count). The van der Waals surface area contributed by atoms with Gasteiger partial charge in [-0.3, -0.25) is 4.79 Å². The third-order valence-corrected chi connectivity index (χ3v) is 4.94. The zero-order valence-electron chi connectivity index (χ0n) is 18.2. The summed E-state index contributed by atoms with van der Waals surface area (Å²) in [6.07, 6.45) is 0.289. The number of aryl methyl sites for hydroxylation is 2. The molecule has 9 nitrogen and oxygen atoms in total. The number of ether oxygens (including phenoxy) is 3. The summed E-state index contributed by atoms with van der Waals surface area (Å²) in [5.74, 6) is 1.72. The highest BCUT2D eigenvalue weighted by atomic mass is 19.1. The highest BCUT2D eigenvalue weighted by Gasteiger charge is 2.17. The summed E-state index contributed by atoms with van der Waals surface area (Å²) in [5.41, 5.74) is 1.60. The van der Waals surface area contributed by atoms with Crippen molar-refractivity contribution < 1.29 is 23.1 Å². The van der Waals surface area contributed by atoms with Crippen LogP contribution in [-0.4, -0.2) is 41.3 Å². The van der Waals surface area contributed by atoms with Crippen LogP contribution in [0.1, 0.15) is 5.89 Å². The minimum atomic E-state index is -0.341. The molecule has 0 amide bonds. The van der Waals surface area contributed by atoms with Gasteiger partial charge in [-0.15, -0.1) is 0 Å². The summed E-state index contributed by atoms with van der Waals surface area (Å²) < 4.78 is 35.9. The Kier molecular flexibility index (Phi) is 6.34. The van der Waals surface area contributed by atoms with Gasteiger partial charge in [0.2, 0.25) is 17.5 Å². The average molecular weight is 452 g/mol. The van der Waals surface area contributed by atoms with Gasteiger partial charge in [0, 0.05) is 23.6 Å². The molecule has 0 unspecified atom stereocenters. The maximum absolute atomic E-state index is 13.2. The van der Waals surface area contributed by atoms with Gasteiger partial charge in [0.1, 0.15) is 5.82 Å².